The number of fused-ring (bicyclic) bond motifs is 1. The maximum atomic E-state index is 14.3. The summed E-state index contributed by atoms with van der Waals surface area (Å²) in [7, 11) is 0. The lowest BCUT2D eigenvalue weighted by atomic mass is 9.91. The molecule has 9 heteroatoms. The highest BCUT2D eigenvalue weighted by Gasteiger charge is 2.42. The molecule has 0 radical (unpaired) electrons. The number of rotatable bonds is 8. The van der Waals surface area contributed by atoms with Crippen molar-refractivity contribution in [2.75, 3.05) is 5.32 Å². The van der Waals surface area contributed by atoms with Gasteiger partial charge in [0.15, 0.2) is 0 Å². The molecule has 0 bridgehead atoms. The van der Waals surface area contributed by atoms with Gasteiger partial charge >= 0.3 is 6.09 Å². The maximum Gasteiger partial charge on any atom is 0.408 e. The lowest BCUT2D eigenvalue weighted by Crippen LogP contribution is -2.58. The Labute approximate surface area is 247 Å². The summed E-state index contributed by atoms with van der Waals surface area (Å²) >= 11 is 0. The van der Waals surface area contributed by atoms with Gasteiger partial charge in [0.1, 0.15) is 17.7 Å². The van der Waals surface area contributed by atoms with Gasteiger partial charge in [-0.1, -0.05) is 54.1 Å². The smallest absolute Gasteiger partial charge is 0.408 e. The molecule has 4 amide bonds. The molecule has 0 spiro atoms. The second-order valence-corrected chi connectivity index (χ2v) is 12.6. The molecule has 224 valence electrons. The number of nitrogens with two attached hydrogens (primary N) is 1. The molecule has 2 atom stereocenters. The number of alkyl carbamates (subject to hydrolysis) is 1. The van der Waals surface area contributed by atoms with E-state index in [9.17, 15) is 19.2 Å². The fraction of sp³-hybridized carbons (Fsp3) is 0.394. The Morgan fingerprint density at radius 2 is 1.52 bits per heavy atom. The largest absolute Gasteiger partial charge is 0.444 e. The van der Waals surface area contributed by atoms with Crippen LogP contribution in [0.15, 0.2) is 60.7 Å². The van der Waals surface area contributed by atoms with Crippen LogP contribution in [0, 0.1) is 13.8 Å². The van der Waals surface area contributed by atoms with Gasteiger partial charge in [-0.2, -0.15) is 0 Å². The SMILES string of the molecule is Cc1ccc(C(C(=O)Nc2ccc3ccccc3c2)N(C(=O)C(CC(N)=O)NC(=O)OC(C)(C)C)C(C)(C)C)c(C)c1. The van der Waals surface area contributed by atoms with E-state index in [1.807, 2.05) is 74.5 Å². The first-order valence-corrected chi connectivity index (χ1v) is 13.9. The van der Waals surface area contributed by atoms with E-state index in [0.717, 1.165) is 21.9 Å². The molecule has 3 aromatic rings. The first-order chi connectivity index (χ1) is 19.5. The van der Waals surface area contributed by atoms with Crippen LogP contribution in [-0.4, -0.2) is 45.9 Å². The van der Waals surface area contributed by atoms with Crippen molar-refractivity contribution in [1.29, 1.82) is 0 Å². The Hall–Kier alpha value is -4.40. The number of anilines is 1. The number of ether oxygens (including phenoxy) is 1. The van der Waals surface area contributed by atoms with Crippen LogP contribution in [-0.2, 0) is 19.1 Å². The normalized spacial score (nSPS) is 13.1. The van der Waals surface area contributed by atoms with Gasteiger partial charge in [0, 0.05) is 11.2 Å². The van der Waals surface area contributed by atoms with E-state index in [4.69, 9.17) is 10.5 Å². The van der Waals surface area contributed by atoms with Gasteiger partial charge in [-0.05, 0) is 89.4 Å². The van der Waals surface area contributed by atoms with Crippen LogP contribution in [0.5, 0.6) is 0 Å². The van der Waals surface area contributed by atoms with Crippen LogP contribution in [0.3, 0.4) is 0 Å². The van der Waals surface area contributed by atoms with Gasteiger partial charge in [-0.15, -0.1) is 0 Å². The highest BCUT2D eigenvalue weighted by Crippen LogP contribution is 2.33. The van der Waals surface area contributed by atoms with E-state index >= 15 is 0 Å². The lowest BCUT2D eigenvalue weighted by molar-refractivity contribution is -0.147. The van der Waals surface area contributed by atoms with Crippen LogP contribution in [0.2, 0.25) is 0 Å². The van der Waals surface area contributed by atoms with Crippen LogP contribution in [0.1, 0.15) is 70.7 Å². The molecule has 0 aliphatic carbocycles. The van der Waals surface area contributed by atoms with E-state index in [1.165, 1.54) is 4.90 Å². The standard InChI is InChI=1S/C33H42N4O5/c1-20-13-16-25(21(2)17-20)28(29(39)35-24-15-14-22-11-9-10-12-23(22)18-24)37(32(3,4)5)30(40)26(19-27(34)38)36-31(41)42-33(6,7)8/h9-18,26,28H,19H2,1-8H3,(H2,34,38)(H,35,39)(H,36,41). The average molecular weight is 575 g/mol. The molecule has 9 nitrogen and oxygen atoms in total. The summed E-state index contributed by atoms with van der Waals surface area (Å²) in [6.07, 6.45) is -1.35. The van der Waals surface area contributed by atoms with Crippen molar-refractivity contribution >= 4 is 40.3 Å². The molecule has 0 heterocycles. The second-order valence-electron chi connectivity index (χ2n) is 12.6. The minimum Gasteiger partial charge on any atom is -0.444 e. The number of nitrogens with zero attached hydrogens (tertiary/aromatic N) is 1. The summed E-state index contributed by atoms with van der Waals surface area (Å²) < 4.78 is 5.35. The Balaban J connectivity index is 2.11. The van der Waals surface area contributed by atoms with Crippen LogP contribution in [0.4, 0.5) is 10.5 Å². The highest BCUT2D eigenvalue weighted by atomic mass is 16.6. The third-order valence-electron chi connectivity index (χ3n) is 6.60. The summed E-state index contributed by atoms with van der Waals surface area (Å²) in [6, 6.07) is 16.6. The molecule has 42 heavy (non-hydrogen) atoms. The fourth-order valence-corrected chi connectivity index (χ4v) is 4.87. The first-order valence-electron chi connectivity index (χ1n) is 13.9. The molecular weight excluding hydrogens is 532 g/mol. The molecule has 2 unspecified atom stereocenters. The van der Waals surface area contributed by atoms with E-state index in [1.54, 1.807) is 41.5 Å². The van der Waals surface area contributed by atoms with Crippen molar-refractivity contribution in [3.05, 3.63) is 77.4 Å². The highest BCUT2D eigenvalue weighted by molar-refractivity contribution is 6.01. The minimum atomic E-state index is -1.36. The zero-order valence-electron chi connectivity index (χ0n) is 25.7. The number of hydrogen-bond acceptors (Lipinski definition) is 5. The Bertz CT molecular complexity index is 1490. The Morgan fingerprint density at radius 1 is 0.881 bits per heavy atom. The molecule has 0 saturated heterocycles. The van der Waals surface area contributed by atoms with Gasteiger partial charge in [-0.25, -0.2) is 4.79 Å². The Kier molecular flexibility index (Phi) is 9.66. The number of amides is 4. The molecule has 4 N–H and O–H groups in total. The average Bonchev–Trinajstić information content (AvgIpc) is 2.84. The lowest BCUT2D eigenvalue weighted by Gasteiger charge is -2.43. The number of hydrogen-bond donors (Lipinski definition) is 3. The van der Waals surface area contributed by atoms with E-state index in [0.29, 0.717) is 11.3 Å². The van der Waals surface area contributed by atoms with Crippen molar-refractivity contribution in [3.63, 3.8) is 0 Å². The predicted molar refractivity (Wildman–Crippen MR) is 165 cm³/mol. The van der Waals surface area contributed by atoms with Crippen LogP contribution in [0.25, 0.3) is 10.8 Å². The number of carbonyl (C=O) groups excluding carboxylic acids is 4. The summed E-state index contributed by atoms with van der Waals surface area (Å²) in [4.78, 5) is 54.7. The van der Waals surface area contributed by atoms with Crippen molar-refractivity contribution in [1.82, 2.24) is 10.2 Å². The van der Waals surface area contributed by atoms with Gasteiger partial charge in [-0.3, -0.25) is 14.4 Å². The van der Waals surface area contributed by atoms with Crippen molar-refractivity contribution in [2.24, 2.45) is 5.73 Å². The van der Waals surface area contributed by atoms with Gasteiger partial charge in [0.2, 0.25) is 11.8 Å². The number of primary amides is 1. The summed E-state index contributed by atoms with van der Waals surface area (Å²) in [6.45, 7) is 14.3. The zero-order chi connectivity index (χ0) is 31.4. The molecule has 0 saturated carbocycles. The monoisotopic (exact) mass is 574 g/mol. The maximum absolute atomic E-state index is 14.3. The number of carbonyl (C=O) groups is 4. The van der Waals surface area contributed by atoms with Crippen LogP contribution >= 0.6 is 0 Å². The predicted octanol–water partition coefficient (Wildman–Crippen LogP) is 5.53. The number of nitrogens with one attached hydrogen (secondary N) is 2. The molecule has 0 aliphatic rings. The van der Waals surface area contributed by atoms with Crippen molar-refractivity contribution < 1.29 is 23.9 Å². The third-order valence-corrected chi connectivity index (χ3v) is 6.60. The number of benzene rings is 3. The number of aryl methyl sites for hydroxylation is 2. The minimum absolute atomic E-state index is 0.449. The van der Waals surface area contributed by atoms with Gasteiger partial charge in [0.25, 0.3) is 5.91 Å². The molecular formula is C33H42N4O5. The molecule has 0 fully saturated rings. The quantitative estimate of drug-likeness (QED) is 0.326. The zero-order valence-corrected chi connectivity index (χ0v) is 25.7. The summed E-state index contributed by atoms with van der Waals surface area (Å²) in [5.74, 6) is -1.89. The van der Waals surface area contributed by atoms with Gasteiger partial charge < -0.3 is 26.0 Å². The van der Waals surface area contributed by atoms with Crippen molar-refractivity contribution in [3.8, 4) is 0 Å². The molecule has 3 rings (SSSR count). The first kappa shape index (κ1) is 32.1. The van der Waals surface area contributed by atoms with Crippen LogP contribution < -0.4 is 16.4 Å². The van der Waals surface area contributed by atoms with E-state index in [-0.39, 0.29) is 0 Å². The second kappa shape index (κ2) is 12.6. The molecule has 0 aromatic heterocycles. The van der Waals surface area contributed by atoms with Gasteiger partial charge in [0.05, 0.1) is 6.42 Å². The topological polar surface area (TPSA) is 131 Å². The van der Waals surface area contributed by atoms with E-state index < -0.39 is 53.5 Å². The van der Waals surface area contributed by atoms with E-state index in [2.05, 4.69) is 10.6 Å². The fourth-order valence-electron chi connectivity index (χ4n) is 4.87. The third kappa shape index (κ3) is 8.31. The van der Waals surface area contributed by atoms with Crippen molar-refractivity contribution in [2.45, 2.75) is 85.0 Å². The molecule has 3 aromatic carbocycles. The Morgan fingerprint density at radius 3 is 2.10 bits per heavy atom. The molecule has 0 aliphatic heterocycles. The summed E-state index contributed by atoms with van der Waals surface area (Å²) in [5.41, 5.74) is 6.71. The summed E-state index contributed by atoms with van der Waals surface area (Å²) in [5, 5.41) is 7.48.